The number of benzene rings is 1. The molecule has 0 radical (unpaired) electrons. The maximum absolute atomic E-state index is 14.0. The van der Waals surface area contributed by atoms with Gasteiger partial charge in [0.1, 0.15) is 0 Å². The zero-order valence-electron chi connectivity index (χ0n) is 22.9. The summed E-state index contributed by atoms with van der Waals surface area (Å²) in [6.07, 6.45) is 14.7. The number of carboxylic acids is 1. The Labute approximate surface area is 233 Å². The maximum atomic E-state index is 14.0. The Morgan fingerprint density at radius 3 is 2.25 bits per heavy atom. The largest absolute Gasteiger partial charge is 0.476 e. The highest BCUT2D eigenvalue weighted by molar-refractivity contribution is 6.41. The topological polar surface area (TPSA) is 140 Å². The van der Waals surface area contributed by atoms with Gasteiger partial charge in [0.15, 0.2) is 12.3 Å². The molecule has 2 aromatic rings. The molecule has 1 aromatic heterocycles. The number of nitrogens with zero attached hydrogens (tertiary/aromatic N) is 4. The first-order valence-electron chi connectivity index (χ1n) is 14.9. The minimum absolute atomic E-state index is 0.0712. The van der Waals surface area contributed by atoms with E-state index in [1.165, 1.54) is 51.4 Å². The number of fused-ring (bicyclic) bond motifs is 5. The van der Waals surface area contributed by atoms with Crippen LogP contribution in [0.1, 0.15) is 88.8 Å². The van der Waals surface area contributed by atoms with Gasteiger partial charge in [-0.1, -0.05) is 49.4 Å². The van der Waals surface area contributed by atoms with Crippen LogP contribution in [-0.2, 0) is 14.4 Å². The Balaban J connectivity index is 1.35. The number of amides is 1. The van der Waals surface area contributed by atoms with Crippen LogP contribution in [-0.4, -0.2) is 61.9 Å². The third kappa shape index (κ3) is 5.25. The third-order valence-corrected chi connectivity index (χ3v) is 9.73. The molecule has 6 atom stereocenters. The van der Waals surface area contributed by atoms with Gasteiger partial charge in [-0.3, -0.25) is 14.5 Å². The number of carbonyl (C=O) groups excluding carboxylic acids is 1. The van der Waals surface area contributed by atoms with E-state index in [4.69, 9.17) is 10.6 Å². The van der Waals surface area contributed by atoms with E-state index >= 15 is 0 Å². The predicted molar refractivity (Wildman–Crippen MR) is 150 cm³/mol. The van der Waals surface area contributed by atoms with Crippen LogP contribution in [0.25, 0.3) is 11.0 Å². The van der Waals surface area contributed by atoms with Gasteiger partial charge in [-0.05, 0) is 68.9 Å². The highest BCUT2D eigenvalue weighted by Crippen LogP contribution is 2.47. The second-order valence-corrected chi connectivity index (χ2v) is 12.3. The molecule has 6 rings (SSSR count). The quantitative estimate of drug-likeness (QED) is 0.397. The number of aliphatic carboxylic acids is 1. The fourth-order valence-corrected chi connectivity index (χ4v) is 8.32. The second-order valence-electron chi connectivity index (χ2n) is 12.3. The molecule has 40 heavy (non-hydrogen) atoms. The lowest BCUT2D eigenvalue weighted by molar-refractivity contribution is -0.130. The predicted octanol–water partition coefficient (Wildman–Crippen LogP) is 3.60. The monoisotopic (exact) mass is 549 g/mol. The third-order valence-electron chi connectivity index (χ3n) is 9.73. The molecule has 10 heteroatoms. The van der Waals surface area contributed by atoms with Crippen LogP contribution < -0.4 is 11.3 Å². The van der Waals surface area contributed by atoms with E-state index in [1.807, 2.05) is 18.2 Å². The van der Waals surface area contributed by atoms with Gasteiger partial charge in [-0.25, -0.2) is 9.78 Å². The molecule has 2 aliphatic carbocycles. The van der Waals surface area contributed by atoms with Crippen molar-refractivity contribution in [2.45, 2.75) is 101 Å². The van der Waals surface area contributed by atoms with E-state index in [0.29, 0.717) is 29.2 Å². The first-order valence-corrected chi connectivity index (χ1v) is 14.9. The van der Waals surface area contributed by atoms with Crippen LogP contribution in [0.5, 0.6) is 0 Å². The molecule has 1 amide bonds. The average Bonchev–Trinajstić information content (AvgIpc) is 3.09. The van der Waals surface area contributed by atoms with Crippen molar-refractivity contribution in [2.24, 2.45) is 22.7 Å². The highest BCUT2D eigenvalue weighted by atomic mass is 16.6. The minimum Gasteiger partial charge on any atom is -0.476 e. The molecule has 0 spiro atoms. The summed E-state index contributed by atoms with van der Waals surface area (Å²) in [5.41, 5.74) is 4.89. The standard InChI is InChI=1S/C30H39N5O5/c31-26(36)17-40-33-28(30(38)39)27-29(37)35(25-11-4-3-10-24(25)32-27)23-15-20-8-5-9-21(16-23)34(20)22-13-18-6-1-2-7-19(12-18)14-22/h3-4,10-11,18-23H,1-2,5-9,12-17H2,(H2,31,36)(H,38,39)/b33-28-/t18-,19+,20-,21+,22?,23+. The average molecular weight is 550 g/mol. The summed E-state index contributed by atoms with van der Waals surface area (Å²) in [5, 5.41) is 13.5. The number of carboxylic acid groups (broad SMARTS) is 1. The number of hydrogen-bond donors (Lipinski definition) is 2. The van der Waals surface area contributed by atoms with Crippen molar-refractivity contribution in [3.63, 3.8) is 0 Å². The molecule has 2 aliphatic heterocycles. The molecule has 1 aromatic carbocycles. The lowest BCUT2D eigenvalue weighted by Gasteiger charge is -2.54. The van der Waals surface area contributed by atoms with Crippen molar-refractivity contribution >= 4 is 28.6 Å². The summed E-state index contributed by atoms with van der Waals surface area (Å²) in [6, 6.07) is 8.73. The first kappa shape index (κ1) is 26.9. The smallest absolute Gasteiger partial charge is 0.360 e. The summed E-state index contributed by atoms with van der Waals surface area (Å²) < 4.78 is 1.76. The molecule has 4 bridgehead atoms. The van der Waals surface area contributed by atoms with Crippen LogP contribution >= 0.6 is 0 Å². The van der Waals surface area contributed by atoms with Crippen LogP contribution in [0.3, 0.4) is 0 Å². The number of aromatic nitrogens is 2. The van der Waals surface area contributed by atoms with Gasteiger partial charge in [-0.2, -0.15) is 0 Å². The Morgan fingerprint density at radius 2 is 1.60 bits per heavy atom. The van der Waals surface area contributed by atoms with Gasteiger partial charge in [0.05, 0.1) is 11.0 Å². The molecule has 1 unspecified atom stereocenters. The van der Waals surface area contributed by atoms with Crippen LogP contribution in [0, 0.1) is 11.8 Å². The summed E-state index contributed by atoms with van der Waals surface area (Å²) >= 11 is 0. The molecular formula is C30H39N5O5. The lowest BCUT2D eigenvalue weighted by atomic mass is 9.73. The van der Waals surface area contributed by atoms with E-state index < -0.39 is 29.8 Å². The van der Waals surface area contributed by atoms with E-state index in [9.17, 15) is 19.5 Å². The Kier molecular flexibility index (Phi) is 7.61. The Hall–Kier alpha value is -3.27. The summed E-state index contributed by atoms with van der Waals surface area (Å²) in [6.45, 7) is -0.594. The normalized spacial score (nSPS) is 30.9. The molecule has 2 saturated heterocycles. The van der Waals surface area contributed by atoms with Crippen LogP contribution in [0.2, 0.25) is 0 Å². The van der Waals surface area contributed by atoms with Gasteiger partial charge in [0, 0.05) is 24.2 Å². The number of hydrogen-bond acceptors (Lipinski definition) is 7. The number of piperidine rings is 2. The van der Waals surface area contributed by atoms with Crippen molar-refractivity contribution in [1.29, 1.82) is 0 Å². The van der Waals surface area contributed by atoms with Gasteiger partial charge in [-0.15, -0.1) is 0 Å². The van der Waals surface area contributed by atoms with Crippen molar-refractivity contribution in [3.05, 3.63) is 40.3 Å². The number of nitrogens with two attached hydrogens (primary N) is 1. The van der Waals surface area contributed by atoms with E-state index in [2.05, 4.69) is 15.0 Å². The zero-order valence-corrected chi connectivity index (χ0v) is 22.9. The van der Waals surface area contributed by atoms with E-state index in [0.717, 1.165) is 37.5 Å². The van der Waals surface area contributed by atoms with Gasteiger partial charge < -0.3 is 20.2 Å². The summed E-state index contributed by atoms with van der Waals surface area (Å²) in [7, 11) is 0. The van der Waals surface area contributed by atoms with Gasteiger partial charge in [0.2, 0.25) is 5.71 Å². The highest BCUT2D eigenvalue weighted by Gasteiger charge is 2.45. The first-order chi connectivity index (χ1) is 19.4. The lowest BCUT2D eigenvalue weighted by Crippen LogP contribution is -2.58. The number of rotatable bonds is 7. The van der Waals surface area contributed by atoms with Crippen LogP contribution in [0.15, 0.2) is 34.2 Å². The summed E-state index contributed by atoms with van der Waals surface area (Å²) in [4.78, 5) is 49.3. The Bertz CT molecular complexity index is 1340. The van der Waals surface area contributed by atoms with Crippen molar-refractivity contribution in [3.8, 4) is 0 Å². The molecule has 214 valence electrons. The Morgan fingerprint density at radius 1 is 0.925 bits per heavy atom. The molecule has 3 heterocycles. The van der Waals surface area contributed by atoms with E-state index in [1.54, 1.807) is 10.6 Å². The maximum Gasteiger partial charge on any atom is 0.360 e. The van der Waals surface area contributed by atoms with Crippen molar-refractivity contribution < 1.29 is 19.5 Å². The SMILES string of the molecule is NC(=O)CO/N=C(\C(=O)O)c1nc2ccccc2n([C@H]2C[C@H]3CCC[C@@H](C2)N3C2C[C@H]3CCCC[C@@H](C2)C3)c1=O. The molecule has 4 fully saturated rings. The minimum atomic E-state index is -1.46. The molecular weight excluding hydrogens is 510 g/mol. The fourth-order valence-electron chi connectivity index (χ4n) is 8.32. The second kappa shape index (κ2) is 11.3. The molecule has 10 nitrogen and oxygen atoms in total. The van der Waals surface area contributed by atoms with Gasteiger partial charge in [0.25, 0.3) is 11.5 Å². The molecule has 2 saturated carbocycles. The molecule has 4 aliphatic rings. The number of carbonyl (C=O) groups is 2. The zero-order chi connectivity index (χ0) is 27.8. The number of oxime groups is 1. The molecule has 3 N–H and O–H groups in total. The summed E-state index contributed by atoms with van der Waals surface area (Å²) in [5.74, 6) is -0.552. The number of para-hydroxylation sites is 2. The van der Waals surface area contributed by atoms with Crippen molar-refractivity contribution in [1.82, 2.24) is 14.5 Å². The number of primary amides is 1. The fraction of sp³-hybridized carbons (Fsp3) is 0.633. The van der Waals surface area contributed by atoms with Crippen LogP contribution in [0.4, 0.5) is 0 Å². The van der Waals surface area contributed by atoms with Crippen molar-refractivity contribution in [2.75, 3.05) is 6.61 Å². The van der Waals surface area contributed by atoms with E-state index in [-0.39, 0.29) is 11.7 Å². The van der Waals surface area contributed by atoms with Gasteiger partial charge >= 0.3 is 5.97 Å².